The van der Waals surface area contributed by atoms with E-state index in [-0.39, 0.29) is 17.7 Å². The lowest BCUT2D eigenvalue weighted by Crippen LogP contribution is -2.30. The summed E-state index contributed by atoms with van der Waals surface area (Å²) in [4.78, 5) is 18.2. The van der Waals surface area contributed by atoms with Crippen LogP contribution in [0.2, 0.25) is 0 Å². The number of hydrogen-bond donors (Lipinski definition) is 1. The number of hydrogen-bond acceptors (Lipinski definition) is 5. The third-order valence-electron chi connectivity index (χ3n) is 4.31. The van der Waals surface area contributed by atoms with E-state index in [2.05, 4.69) is 28.5 Å². The maximum atomic E-state index is 12.7. The van der Waals surface area contributed by atoms with Crippen LogP contribution in [0.15, 0.2) is 52.9 Å². The smallest absolute Gasteiger partial charge is 0.231 e. The van der Waals surface area contributed by atoms with Crippen molar-refractivity contribution in [2.45, 2.75) is 31.8 Å². The average Bonchev–Trinajstić information content (AvgIpc) is 3.19. The second kappa shape index (κ2) is 9.05. The first-order valence-corrected chi connectivity index (χ1v) is 10.7. The maximum absolute atomic E-state index is 12.7. The Bertz CT molecular complexity index is 1010. The van der Waals surface area contributed by atoms with Crippen molar-refractivity contribution >= 4 is 29.0 Å². The van der Waals surface area contributed by atoms with Crippen LogP contribution in [-0.4, -0.2) is 16.6 Å². The van der Waals surface area contributed by atoms with Crippen molar-refractivity contribution in [2.24, 2.45) is 0 Å². The molecule has 28 heavy (non-hydrogen) atoms. The van der Waals surface area contributed by atoms with Crippen molar-refractivity contribution < 1.29 is 4.79 Å². The van der Waals surface area contributed by atoms with Crippen LogP contribution in [-0.2, 0) is 4.79 Å². The van der Waals surface area contributed by atoms with E-state index >= 15 is 0 Å². The van der Waals surface area contributed by atoms with Crippen LogP contribution < -0.4 is 5.32 Å². The number of rotatable bonds is 6. The number of pyridine rings is 1. The molecule has 0 radical (unpaired) electrons. The van der Waals surface area contributed by atoms with Crippen molar-refractivity contribution in [3.8, 4) is 6.07 Å². The molecule has 4 nitrogen and oxygen atoms in total. The van der Waals surface area contributed by atoms with E-state index in [9.17, 15) is 10.1 Å². The average molecular weight is 408 g/mol. The summed E-state index contributed by atoms with van der Waals surface area (Å²) >= 11 is 2.92. The molecule has 0 saturated heterocycles. The molecule has 0 bridgehead atoms. The highest BCUT2D eigenvalue weighted by Crippen LogP contribution is 2.27. The minimum absolute atomic E-state index is 0.0891. The summed E-state index contributed by atoms with van der Waals surface area (Å²) in [6.45, 7) is 5.83. The van der Waals surface area contributed by atoms with Crippen molar-refractivity contribution in [3.05, 3.63) is 80.7 Å². The summed E-state index contributed by atoms with van der Waals surface area (Å²) in [6.07, 6.45) is 0. The number of thioether (sulfide) groups is 1. The Morgan fingerprint density at radius 3 is 2.64 bits per heavy atom. The first-order chi connectivity index (χ1) is 13.5. The number of nitrogens with zero attached hydrogens (tertiary/aromatic N) is 2. The zero-order valence-corrected chi connectivity index (χ0v) is 17.7. The Hall–Kier alpha value is -2.62. The molecule has 2 aromatic heterocycles. The third kappa shape index (κ3) is 4.80. The fourth-order valence-electron chi connectivity index (χ4n) is 2.91. The molecule has 3 rings (SSSR count). The Kier molecular flexibility index (Phi) is 6.50. The molecule has 1 unspecified atom stereocenters. The molecule has 6 heteroatoms. The number of aromatic nitrogens is 1. The Morgan fingerprint density at radius 1 is 1.25 bits per heavy atom. The van der Waals surface area contributed by atoms with Gasteiger partial charge < -0.3 is 5.32 Å². The lowest BCUT2D eigenvalue weighted by molar-refractivity contribution is -0.119. The summed E-state index contributed by atoms with van der Waals surface area (Å²) in [5.41, 5.74) is 4.50. The molecule has 0 spiro atoms. The normalized spacial score (nSPS) is 11.6. The molecular formula is C22H21N3OS2. The lowest BCUT2D eigenvalue weighted by atomic mass is 10.0. The van der Waals surface area contributed by atoms with Crippen LogP contribution in [0, 0.1) is 32.1 Å². The third-order valence-corrected chi connectivity index (χ3v) is 6.22. The minimum Gasteiger partial charge on any atom is -0.344 e. The number of aryl methyl sites for hydroxylation is 3. The fourth-order valence-corrected chi connectivity index (χ4v) is 4.63. The molecule has 0 aliphatic rings. The molecule has 1 N–H and O–H groups in total. The molecule has 1 amide bonds. The molecular weight excluding hydrogens is 386 g/mol. The highest BCUT2D eigenvalue weighted by atomic mass is 32.2. The second-order valence-corrected chi connectivity index (χ2v) is 8.53. The SMILES string of the molecule is Cc1ccc(C(NC(=O)CSc2nc(C)cc(C)c2C#N)c2cccs2)cc1. The van der Waals surface area contributed by atoms with Gasteiger partial charge in [-0.05, 0) is 49.4 Å². The first-order valence-electron chi connectivity index (χ1n) is 8.88. The molecule has 0 aliphatic carbocycles. The van der Waals surface area contributed by atoms with E-state index in [1.165, 1.54) is 17.3 Å². The number of nitriles is 1. The van der Waals surface area contributed by atoms with Gasteiger partial charge in [0, 0.05) is 10.6 Å². The Balaban J connectivity index is 1.75. The summed E-state index contributed by atoms with van der Waals surface area (Å²) in [5, 5.41) is 15.1. The summed E-state index contributed by atoms with van der Waals surface area (Å²) < 4.78 is 0. The van der Waals surface area contributed by atoms with E-state index in [0.29, 0.717) is 10.6 Å². The largest absolute Gasteiger partial charge is 0.344 e. The lowest BCUT2D eigenvalue weighted by Gasteiger charge is -2.18. The number of amides is 1. The Morgan fingerprint density at radius 2 is 2.00 bits per heavy atom. The number of carbonyl (C=O) groups is 1. The van der Waals surface area contributed by atoms with Gasteiger partial charge in [-0.1, -0.05) is 47.7 Å². The van der Waals surface area contributed by atoms with Gasteiger partial charge in [-0.2, -0.15) is 5.26 Å². The fraction of sp³-hybridized carbons (Fsp3) is 0.227. The zero-order chi connectivity index (χ0) is 20.1. The molecule has 142 valence electrons. The summed E-state index contributed by atoms with van der Waals surface area (Å²) in [6, 6.07) is 16.1. The molecule has 1 aromatic carbocycles. The molecule has 0 saturated carbocycles. The van der Waals surface area contributed by atoms with Gasteiger partial charge in [0.1, 0.15) is 11.1 Å². The monoisotopic (exact) mass is 407 g/mol. The second-order valence-electron chi connectivity index (χ2n) is 6.59. The van der Waals surface area contributed by atoms with Crippen molar-refractivity contribution in [1.29, 1.82) is 5.26 Å². The topological polar surface area (TPSA) is 65.8 Å². The Labute approximate surface area is 173 Å². The molecule has 1 atom stereocenters. The zero-order valence-electron chi connectivity index (χ0n) is 16.0. The van der Waals surface area contributed by atoms with E-state index in [1.807, 2.05) is 56.5 Å². The van der Waals surface area contributed by atoms with Crippen molar-refractivity contribution in [1.82, 2.24) is 10.3 Å². The van der Waals surface area contributed by atoms with Gasteiger partial charge >= 0.3 is 0 Å². The minimum atomic E-state index is -0.184. The molecule has 2 heterocycles. The number of benzene rings is 1. The molecule has 0 fully saturated rings. The molecule has 0 aliphatic heterocycles. The first kappa shape index (κ1) is 20.1. The highest BCUT2D eigenvalue weighted by Gasteiger charge is 2.19. The quantitative estimate of drug-likeness (QED) is 0.588. The van der Waals surface area contributed by atoms with Gasteiger partial charge in [-0.3, -0.25) is 4.79 Å². The van der Waals surface area contributed by atoms with Crippen molar-refractivity contribution in [3.63, 3.8) is 0 Å². The van der Waals surface area contributed by atoms with Crippen LogP contribution in [0.1, 0.15) is 38.9 Å². The van der Waals surface area contributed by atoms with Crippen LogP contribution >= 0.6 is 23.1 Å². The van der Waals surface area contributed by atoms with Crippen LogP contribution in [0.25, 0.3) is 0 Å². The van der Waals surface area contributed by atoms with E-state index in [4.69, 9.17) is 0 Å². The van der Waals surface area contributed by atoms with E-state index < -0.39 is 0 Å². The number of nitrogens with one attached hydrogen (secondary N) is 1. The van der Waals surface area contributed by atoms with Crippen LogP contribution in [0.5, 0.6) is 0 Å². The van der Waals surface area contributed by atoms with E-state index in [1.54, 1.807) is 11.3 Å². The summed E-state index contributed by atoms with van der Waals surface area (Å²) in [5.74, 6) is 0.118. The van der Waals surface area contributed by atoms with Gasteiger partial charge in [0.15, 0.2) is 0 Å². The maximum Gasteiger partial charge on any atom is 0.231 e. The van der Waals surface area contributed by atoms with Crippen LogP contribution in [0.3, 0.4) is 0 Å². The predicted octanol–water partition coefficient (Wildman–Crippen LogP) is 4.94. The predicted molar refractivity (Wildman–Crippen MR) is 115 cm³/mol. The standard InChI is InChI=1S/C22H21N3OS2/c1-14-6-8-17(9-7-14)21(19-5-4-10-27-19)25-20(26)13-28-22-18(12-23)15(2)11-16(3)24-22/h4-11,21H,13H2,1-3H3,(H,25,26). The van der Waals surface area contributed by atoms with E-state index in [0.717, 1.165) is 21.7 Å². The van der Waals surface area contributed by atoms with Gasteiger partial charge in [0.05, 0.1) is 17.4 Å². The molecule has 3 aromatic rings. The number of carbonyl (C=O) groups excluding carboxylic acids is 1. The van der Waals surface area contributed by atoms with Gasteiger partial charge in [0.25, 0.3) is 0 Å². The van der Waals surface area contributed by atoms with Crippen LogP contribution in [0.4, 0.5) is 0 Å². The van der Waals surface area contributed by atoms with Gasteiger partial charge in [0.2, 0.25) is 5.91 Å². The number of thiophene rings is 1. The summed E-state index contributed by atoms with van der Waals surface area (Å²) in [7, 11) is 0. The van der Waals surface area contributed by atoms with Crippen molar-refractivity contribution in [2.75, 3.05) is 5.75 Å². The van der Waals surface area contributed by atoms with Gasteiger partial charge in [-0.15, -0.1) is 11.3 Å². The van der Waals surface area contributed by atoms with Gasteiger partial charge in [-0.25, -0.2) is 4.98 Å². The highest BCUT2D eigenvalue weighted by molar-refractivity contribution is 8.00.